The molecule has 1 saturated heterocycles. The van der Waals surface area contributed by atoms with Crippen LogP contribution in [0.2, 0.25) is 5.02 Å². The summed E-state index contributed by atoms with van der Waals surface area (Å²) < 4.78 is 0. The quantitative estimate of drug-likeness (QED) is 0.797. The first-order valence-corrected chi connectivity index (χ1v) is 7.18. The summed E-state index contributed by atoms with van der Waals surface area (Å²) in [5.41, 5.74) is 1.24. The molecule has 3 rings (SSSR count). The Labute approximate surface area is 122 Å². The van der Waals surface area contributed by atoms with Gasteiger partial charge in [-0.05, 0) is 38.2 Å². The molecule has 0 spiro atoms. The van der Waals surface area contributed by atoms with Crippen LogP contribution in [0.3, 0.4) is 0 Å². The molecule has 0 unspecified atom stereocenters. The molecular formula is C14H19ClN4O. The van der Waals surface area contributed by atoms with Crippen molar-refractivity contribution in [1.29, 1.82) is 0 Å². The number of hydrogen-bond donors (Lipinski definition) is 3. The molecule has 2 aromatic rings. The number of aromatic amines is 1. The highest BCUT2D eigenvalue weighted by atomic mass is 35.5. The van der Waals surface area contributed by atoms with Gasteiger partial charge in [-0.15, -0.1) is 0 Å². The monoisotopic (exact) mass is 294 g/mol. The summed E-state index contributed by atoms with van der Waals surface area (Å²) in [6.45, 7) is 2.85. The third-order valence-electron chi connectivity index (χ3n) is 3.70. The van der Waals surface area contributed by atoms with E-state index < -0.39 is 5.60 Å². The van der Waals surface area contributed by atoms with Crippen molar-refractivity contribution in [2.75, 3.05) is 26.7 Å². The van der Waals surface area contributed by atoms with Crippen molar-refractivity contribution in [3.63, 3.8) is 0 Å². The molecule has 0 aliphatic carbocycles. The van der Waals surface area contributed by atoms with Gasteiger partial charge in [-0.1, -0.05) is 11.6 Å². The predicted octanol–water partition coefficient (Wildman–Crippen LogP) is 1.37. The van der Waals surface area contributed by atoms with Gasteiger partial charge in [0.1, 0.15) is 5.82 Å². The van der Waals surface area contributed by atoms with Crippen molar-refractivity contribution in [2.45, 2.75) is 18.6 Å². The highest BCUT2D eigenvalue weighted by Gasteiger charge is 2.32. The number of aliphatic hydroxyl groups is 1. The lowest BCUT2D eigenvalue weighted by molar-refractivity contribution is 0.0259. The molecule has 3 N–H and O–H groups in total. The van der Waals surface area contributed by atoms with E-state index in [-0.39, 0.29) is 0 Å². The fraction of sp³-hybridized carbons (Fsp3) is 0.500. The van der Waals surface area contributed by atoms with Gasteiger partial charge in [-0.25, -0.2) is 4.98 Å². The van der Waals surface area contributed by atoms with E-state index in [1.54, 1.807) is 0 Å². The maximum absolute atomic E-state index is 10.4. The third kappa shape index (κ3) is 2.96. The Hall–Kier alpha value is -1.14. The number of benzene rings is 1. The second-order valence-electron chi connectivity index (χ2n) is 5.67. The van der Waals surface area contributed by atoms with Gasteiger partial charge in [0.25, 0.3) is 0 Å². The van der Waals surface area contributed by atoms with E-state index in [9.17, 15) is 5.11 Å². The normalized spacial score (nSPS) is 23.0. The van der Waals surface area contributed by atoms with Crippen molar-refractivity contribution in [3.8, 4) is 0 Å². The zero-order valence-corrected chi connectivity index (χ0v) is 12.2. The van der Waals surface area contributed by atoms with Gasteiger partial charge in [0.2, 0.25) is 0 Å². The smallest absolute Gasteiger partial charge is 0.121 e. The number of fused-ring (bicyclic) bond motifs is 1. The third-order valence-corrected chi connectivity index (χ3v) is 3.93. The van der Waals surface area contributed by atoms with Gasteiger partial charge < -0.3 is 15.4 Å². The second kappa shape index (κ2) is 5.33. The van der Waals surface area contributed by atoms with Gasteiger partial charge in [-0.3, -0.25) is 4.90 Å². The van der Waals surface area contributed by atoms with Crippen molar-refractivity contribution in [3.05, 3.63) is 29.0 Å². The number of β-amino-alcohol motifs (C(OH)–C–C–N with tert-alkyl or cyclic N) is 1. The molecule has 0 radical (unpaired) electrons. The molecule has 1 aliphatic rings. The number of aromatic nitrogens is 2. The van der Waals surface area contributed by atoms with Crippen LogP contribution in [0.15, 0.2) is 18.2 Å². The minimum absolute atomic E-state index is 0.621. The van der Waals surface area contributed by atoms with Crippen LogP contribution < -0.4 is 5.32 Å². The molecule has 1 atom stereocenters. The summed E-state index contributed by atoms with van der Waals surface area (Å²) in [5, 5.41) is 14.3. The summed E-state index contributed by atoms with van der Waals surface area (Å²) in [6, 6.07) is 5.62. The van der Waals surface area contributed by atoms with Crippen LogP contribution in [-0.4, -0.2) is 52.3 Å². The number of H-pyrrole nitrogens is 1. The summed E-state index contributed by atoms with van der Waals surface area (Å²) in [4.78, 5) is 9.90. The number of nitrogens with one attached hydrogen (secondary N) is 2. The van der Waals surface area contributed by atoms with Crippen LogP contribution in [0.4, 0.5) is 0 Å². The Morgan fingerprint density at radius 2 is 2.35 bits per heavy atom. The van der Waals surface area contributed by atoms with E-state index in [0.29, 0.717) is 24.7 Å². The molecule has 6 heteroatoms. The second-order valence-corrected chi connectivity index (χ2v) is 6.10. The van der Waals surface area contributed by atoms with Crippen molar-refractivity contribution in [2.24, 2.45) is 0 Å². The first-order chi connectivity index (χ1) is 9.54. The van der Waals surface area contributed by atoms with Gasteiger partial charge in [0, 0.05) is 18.1 Å². The van der Waals surface area contributed by atoms with Gasteiger partial charge in [0.15, 0.2) is 0 Å². The van der Waals surface area contributed by atoms with E-state index in [2.05, 4.69) is 20.2 Å². The lowest BCUT2D eigenvalue weighted by Gasteiger charge is -2.27. The zero-order chi connectivity index (χ0) is 14.2. The standard InChI is InChI=1S/C14H19ClN4O/c1-19(9-14(20)4-5-16-8-14)7-13-17-11-3-2-10(15)6-12(11)18-13/h2-3,6,16,20H,4-5,7-9H2,1H3,(H,17,18)/t14-/m1/s1. The molecule has 0 amide bonds. The maximum Gasteiger partial charge on any atom is 0.121 e. The van der Waals surface area contributed by atoms with E-state index >= 15 is 0 Å². The summed E-state index contributed by atoms with van der Waals surface area (Å²) >= 11 is 5.97. The summed E-state index contributed by atoms with van der Waals surface area (Å²) in [6.07, 6.45) is 0.799. The molecule has 5 nitrogen and oxygen atoms in total. The van der Waals surface area contributed by atoms with Crippen molar-refractivity contribution >= 4 is 22.6 Å². The van der Waals surface area contributed by atoms with Crippen LogP contribution >= 0.6 is 11.6 Å². The highest BCUT2D eigenvalue weighted by Crippen LogP contribution is 2.19. The minimum Gasteiger partial charge on any atom is -0.387 e. The van der Waals surface area contributed by atoms with Crippen LogP contribution in [-0.2, 0) is 6.54 Å². The molecule has 0 saturated carbocycles. The number of rotatable bonds is 4. The maximum atomic E-state index is 10.4. The minimum atomic E-state index is -0.621. The molecule has 1 aromatic heterocycles. The zero-order valence-electron chi connectivity index (χ0n) is 11.5. The Morgan fingerprint density at radius 1 is 1.50 bits per heavy atom. The molecule has 0 bridgehead atoms. The predicted molar refractivity (Wildman–Crippen MR) is 79.9 cm³/mol. The first-order valence-electron chi connectivity index (χ1n) is 6.80. The Balaban J connectivity index is 1.69. The molecule has 20 heavy (non-hydrogen) atoms. The average molecular weight is 295 g/mol. The van der Waals surface area contributed by atoms with Crippen molar-refractivity contribution < 1.29 is 5.11 Å². The summed E-state index contributed by atoms with van der Waals surface area (Å²) in [5.74, 6) is 0.888. The molecule has 2 heterocycles. The lowest BCUT2D eigenvalue weighted by atomic mass is 10.0. The lowest BCUT2D eigenvalue weighted by Crippen LogP contribution is -2.43. The highest BCUT2D eigenvalue weighted by molar-refractivity contribution is 6.31. The fourth-order valence-electron chi connectivity index (χ4n) is 2.79. The van der Waals surface area contributed by atoms with Crippen molar-refractivity contribution in [1.82, 2.24) is 20.2 Å². The van der Waals surface area contributed by atoms with Gasteiger partial charge >= 0.3 is 0 Å². The molecular weight excluding hydrogens is 276 g/mol. The molecule has 1 aliphatic heterocycles. The number of nitrogens with zero attached hydrogens (tertiary/aromatic N) is 2. The summed E-state index contributed by atoms with van der Waals surface area (Å²) in [7, 11) is 2.00. The molecule has 1 aromatic carbocycles. The van der Waals surface area contributed by atoms with Gasteiger partial charge in [-0.2, -0.15) is 0 Å². The van der Waals surface area contributed by atoms with Crippen LogP contribution in [0.1, 0.15) is 12.2 Å². The van der Waals surface area contributed by atoms with Gasteiger partial charge in [0.05, 0.1) is 23.2 Å². The first kappa shape index (κ1) is 13.8. The average Bonchev–Trinajstić information content (AvgIpc) is 2.94. The Kier molecular flexibility index (Phi) is 3.69. The van der Waals surface area contributed by atoms with E-state index in [0.717, 1.165) is 29.8 Å². The number of imidazole rings is 1. The topological polar surface area (TPSA) is 64.2 Å². The molecule has 108 valence electrons. The fourth-order valence-corrected chi connectivity index (χ4v) is 2.96. The van der Waals surface area contributed by atoms with Crippen LogP contribution in [0, 0.1) is 0 Å². The Bertz CT molecular complexity index is 606. The molecule has 1 fully saturated rings. The number of hydrogen-bond acceptors (Lipinski definition) is 4. The van der Waals surface area contributed by atoms with Crippen LogP contribution in [0.25, 0.3) is 11.0 Å². The Morgan fingerprint density at radius 3 is 3.10 bits per heavy atom. The largest absolute Gasteiger partial charge is 0.387 e. The number of halogens is 1. The number of likely N-dealkylation sites (N-methyl/N-ethyl adjacent to an activating group) is 1. The SMILES string of the molecule is CN(Cc1nc2ccc(Cl)cc2[nH]1)C[C@@]1(O)CCNC1. The van der Waals surface area contributed by atoms with E-state index in [1.807, 2.05) is 25.2 Å². The van der Waals surface area contributed by atoms with E-state index in [1.165, 1.54) is 0 Å². The van der Waals surface area contributed by atoms with Crippen LogP contribution in [0.5, 0.6) is 0 Å². The van der Waals surface area contributed by atoms with E-state index in [4.69, 9.17) is 11.6 Å².